The van der Waals surface area contributed by atoms with Gasteiger partial charge in [-0.3, -0.25) is 0 Å². The Morgan fingerprint density at radius 3 is 2.89 bits per heavy atom. The maximum Gasteiger partial charge on any atom is 0.160 e. The third-order valence-electron chi connectivity index (χ3n) is 3.38. The lowest BCUT2D eigenvalue weighted by Crippen LogP contribution is -2.38. The Kier molecular flexibility index (Phi) is 3.18. The first-order valence-electron chi connectivity index (χ1n) is 6.75. The summed E-state index contributed by atoms with van der Waals surface area (Å²) in [5.74, 6) is 1.17. The Balaban J connectivity index is 2.06. The third-order valence-corrected chi connectivity index (χ3v) is 3.88. The van der Waals surface area contributed by atoms with Crippen molar-refractivity contribution in [2.75, 3.05) is 6.54 Å². The molecule has 1 fully saturated rings. The van der Waals surface area contributed by atoms with Crippen molar-refractivity contribution in [1.82, 2.24) is 4.90 Å². The second-order valence-corrected chi connectivity index (χ2v) is 7.03. The van der Waals surface area contributed by atoms with Gasteiger partial charge < -0.3 is 9.64 Å². The van der Waals surface area contributed by atoms with Crippen LogP contribution < -0.4 is 0 Å². The number of ether oxygens (including phenoxy) is 1. The molecule has 19 heavy (non-hydrogen) atoms. The molecule has 0 amide bonds. The maximum absolute atomic E-state index is 6.30. The van der Waals surface area contributed by atoms with Crippen LogP contribution in [0.5, 0.6) is 0 Å². The average molecular weight is 323 g/mol. The Labute approximate surface area is 122 Å². The molecule has 0 spiro atoms. The van der Waals surface area contributed by atoms with E-state index in [9.17, 15) is 0 Å². The zero-order valence-electron chi connectivity index (χ0n) is 11.6. The monoisotopic (exact) mass is 322 g/mol. The molecule has 1 saturated heterocycles. The van der Waals surface area contributed by atoms with Gasteiger partial charge in [-0.2, -0.15) is 0 Å². The predicted molar refractivity (Wildman–Crippen MR) is 80.8 cm³/mol. The molecule has 0 radical (unpaired) electrons. The summed E-state index contributed by atoms with van der Waals surface area (Å²) >= 11 is 3.55. The smallest absolute Gasteiger partial charge is 0.160 e. The summed E-state index contributed by atoms with van der Waals surface area (Å²) in [4.78, 5) is 7.08. The van der Waals surface area contributed by atoms with Gasteiger partial charge in [0.25, 0.3) is 0 Å². The number of hydrogen-bond donors (Lipinski definition) is 0. The molecule has 3 rings (SSSR count). The number of aliphatic imine (C=N–C) groups is 1. The number of fused-ring (bicyclic) bond motifs is 2. The fourth-order valence-electron chi connectivity index (χ4n) is 2.65. The van der Waals surface area contributed by atoms with Gasteiger partial charge in [-0.25, -0.2) is 4.99 Å². The molecule has 1 aromatic rings. The zero-order valence-corrected chi connectivity index (χ0v) is 13.2. The van der Waals surface area contributed by atoms with Crippen LogP contribution in [-0.2, 0) is 4.74 Å². The molecule has 1 aromatic carbocycles. The number of rotatable bonds is 1. The van der Waals surface area contributed by atoms with Gasteiger partial charge in [0, 0.05) is 23.0 Å². The summed E-state index contributed by atoms with van der Waals surface area (Å²) in [5, 5.41) is 0. The van der Waals surface area contributed by atoms with Gasteiger partial charge in [-0.15, -0.1) is 0 Å². The summed E-state index contributed by atoms with van der Waals surface area (Å²) < 4.78 is 7.37. The van der Waals surface area contributed by atoms with E-state index in [0.29, 0.717) is 0 Å². The largest absolute Gasteiger partial charge is 0.348 e. The molecule has 1 unspecified atom stereocenters. The van der Waals surface area contributed by atoms with E-state index in [-0.39, 0.29) is 11.8 Å². The van der Waals surface area contributed by atoms with Crippen molar-refractivity contribution in [2.45, 2.75) is 45.4 Å². The number of benzene rings is 1. The fourth-order valence-corrected chi connectivity index (χ4v) is 3.03. The van der Waals surface area contributed by atoms with Crippen molar-refractivity contribution in [3.05, 3.63) is 28.2 Å². The average Bonchev–Trinajstić information content (AvgIpc) is 2.76. The predicted octanol–water partition coefficient (Wildman–Crippen LogP) is 4.40. The van der Waals surface area contributed by atoms with Crippen LogP contribution in [-0.4, -0.2) is 22.9 Å². The first-order valence-corrected chi connectivity index (χ1v) is 7.55. The number of nitrogens with zero attached hydrogens (tertiary/aromatic N) is 2. The van der Waals surface area contributed by atoms with E-state index in [4.69, 9.17) is 9.73 Å². The van der Waals surface area contributed by atoms with Gasteiger partial charge in [0.1, 0.15) is 5.84 Å². The summed E-state index contributed by atoms with van der Waals surface area (Å²) in [5.41, 5.74) is 2.04. The molecule has 2 aliphatic heterocycles. The molecule has 102 valence electrons. The van der Waals surface area contributed by atoms with Crippen LogP contribution in [0.1, 0.15) is 45.4 Å². The fraction of sp³-hybridized carbons (Fsp3) is 0.533. The van der Waals surface area contributed by atoms with Crippen molar-refractivity contribution in [1.29, 1.82) is 0 Å². The third kappa shape index (κ3) is 2.56. The van der Waals surface area contributed by atoms with E-state index < -0.39 is 0 Å². The van der Waals surface area contributed by atoms with Crippen LogP contribution in [0.15, 0.2) is 27.7 Å². The quantitative estimate of drug-likeness (QED) is 0.765. The van der Waals surface area contributed by atoms with Crippen molar-refractivity contribution in [2.24, 2.45) is 4.99 Å². The summed E-state index contributed by atoms with van der Waals surface area (Å²) in [6.45, 7) is 7.34. The minimum Gasteiger partial charge on any atom is -0.348 e. The highest BCUT2D eigenvalue weighted by Gasteiger charge is 2.35. The summed E-state index contributed by atoms with van der Waals surface area (Å²) in [6, 6.07) is 6.24. The van der Waals surface area contributed by atoms with Crippen molar-refractivity contribution < 1.29 is 4.74 Å². The summed E-state index contributed by atoms with van der Waals surface area (Å²) in [7, 11) is 0. The minimum absolute atomic E-state index is 0.0116. The molecule has 4 heteroatoms. The van der Waals surface area contributed by atoms with Crippen LogP contribution in [0.3, 0.4) is 0 Å². The topological polar surface area (TPSA) is 24.8 Å². The van der Waals surface area contributed by atoms with Gasteiger partial charge in [0.15, 0.2) is 6.23 Å². The van der Waals surface area contributed by atoms with Crippen LogP contribution in [0.25, 0.3) is 0 Å². The molecule has 2 heterocycles. The van der Waals surface area contributed by atoms with Gasteiger partial charge in [0.2, 0.25) is 0 Å². The van der Waals surface area contributed by atoms with E-state index in [2.05, 4.69) is 53.7 Å². The lowest BCUT2D eigenvalue weighted by Gasteiger charge is -2.38. The Bertz CT molecular complexity index is 533. The zero-order chi connectivity index (χ0) is 13.6. The van der Waals surface area contributed by atoms with E-state index in [1.54, 1.807) is 0 Å². The van der Waals surface area contributed by atoms with Gasteiger partial charge in [-0.05, 0) is 45.4 Å². The van der Waals surface area contributed by atoms with E-state index >= 15 is 0 Å². The highest BCUT2D eigenvalue weighted by molar-refractivity contribution is 9.10. The van der Waals surface area contributed by atoms with Crippen LogP contribution >= 0.6 is 15.9 Å². The molecule has 0 bridgehead atoms. The Morgan fingerprint density at radius 2 is 2.16 bits per heavy atom. The van der Waals surface area contributed by atoms with Crippen LogP contribution in [0.2, 0.25) is 0 Å². The van der Waals surface area contributed by atoms with Gasteiger partial charge >= 0.3 is 0 Å². The van der Waals surface area contributed by atoms with Crippen molar-refractivity contribution in [3.63, 3.8) is 0 Å². The maximum atomic E-state index is 6.30. The first kappa shape index (κ1) is 13.1. The molecule has 0 aliphatic carbocycles. The molecule has 0 aromatic heterocycles. The molecule has 1 atom stereocenters. The normalized spacial score (nSPS) is 22.0. The van der Waals surface area contributed by atoms with Crippen molar-refractivity contribution >= 4 is 27.5 Å². The minimum atomic E-state index is -0.171. The van der Waals surface area contributed by atoms with Crippen molar-refractivity contribution in [3.8, 4) is 0 Å². The molecular formula is C15H19BrN2O. The molecule has 2 aliphatic rings. The van der Waals surface area contributed by atoms with E-state index in [1.165, 1.54) is 5.84 Å². The molecule has 0 saturated carbocycles. The molecule has 0 N–H and O–H groups in total. The first-order chi connectivity index (χ1) is 8.94. The molecular weight excluding hydrogens is 304 g/mol. The highest BCUT2D eigenvalue weighted by atomic mass is 79.9. The standard InChI is InChI=1S/C15H19BrN2O/c1-15(2,3)19-14-11-9-10(16)6-7-12(11)17-13-5-4-8-18(13)14/h6-7,9,14H,4-5,8H2,1-3H3. The van der Waals surface area contributed by atoms with Gasteiger partial charge in [-0.1, -0.05) is 15.9 Å². The molecule has 3 nitrogen and oxygen atoms in total. The van der Waals surface area contributed by atoms with Crippen LogP contribution in [0.4, 0.5) is 5.69 Å². The highest BCUT2D eigenvalue weighted by Crippen LogP contribution is 2.41. The van der Waals surface area contributed by atoms with Crippen LogP contribution in [0, 0.1) is 0 Å². The lowest BCUT2D eigenvalue weighted by molar-refractivity contribution is -0.113. The number of amidine groups is 1. The van der Waals surface area contributed by atoms with E-state index in [0.717, 1.165) is 35.1 Å². The second-order valence-electron chi connectivity index (χ2n) is 6.11. The SMILES string of the molecule is CC(C)(C)OC1c2cc(Br)ccc2N=C2CCCN21. The van der Waals surface area contributed by atoms with Gasteiger partial charge in [0.05, 0.1) is 11.3 Å². The van der Waals surface area contributed by atoms with E-state index in [1.807, 2.05) is 6.07 Å². The Hall–Kier alpha value is -0.870. The lowest BCUT2D eigenvalue weighted by atomic mass is 10.1. The number of halogens is 1. The Morgan fingerprint density at radius 1 is 1.37 bits per heavy atom. The summed E-state index contributed by atoms with van der Waals surface area (Å²) in [6.07, 6.45) is 2.21. The number of hydrogen-bond acceptors (Lipinski definition) is 3. The second kappa shape index (κ2) is 4.60.